The van der Waals surface area contributed by atoms with Gasteiger partial charge < -0.3 is 14.7 Å². The molecule has 11 heavy (non-hydrogen) atoms. The van der Waals surface area contributed by atoms with Crippen molar-refractivity contribution in [1.29, 1.82) is 0 Å². The zero-order valence-corrected chi connectivity index (χ0v) is 6.70. The van der Waals surface area contributed by atoms with Crippen LogP contribution in [0.25, 0.3) is 0 Å². The summed E-state index contributed by atoms with van der Waals surface area (Å²) in [7, 11) is 0. The first kappa shape index (κ1) is 7.53. The lowest BCUT2D eigenvalue weighted by atomic mass is 10.1. The van der Waals surface area contributed by atoms with Gasteiger partial charge in [-0.15, -0.1) is 0 Å². The first-order valence-electron chi connectivity index (χ1n) is 4.33. The molecule has 3 nitrogen and oxygen atoms in total. The van der Waals surface area contributed by atoms with Crippen LogP contribution >= 0.6 is 0 Å². The maximum absolute atomic E-state index is 8.88. The summed E-state index contributed by atoms with van der Waals surface area (Å²) in [5.74, 6) is 0.522. The second-order valence-electron chi connectivity index (χ2n) is 3.55. The lowest BCUT2D eigenvalue weighted by Gasteiger charge is -2.12. The van der Waals surface area contributed by atoms with Crippen LogP contribution in [-0.4, -0.2) is 49.0 Å². The molecule has 2 aliphatic rings. The Balaban J connectivity index is 1.70. The molecule has 0 aromatic carbocycles. The highest BCUT2D eigenvalue weighted by Crippen LogP contribution is 2.19. The van der Waals surface area contributed by atoms with Crippen molar-refractivity contribution in [2.24, 2.45) is 5.92 Å². The van der Waals surface area contributed by atoms with E-state index in [9.17, 15) is 0 Å². The molecule has 3 heteroatoms. The molecule has 2 rings (SSSR count). The Morgan fingerprint density at radius 3 is 2.91 bits per heavy atom. The van der Waals surface area contributed by atoms with Crippen molar-refractivity contribution in [3.8, 4) is 0 Å². The number of aliphatic hydroxyl groups excluding tert-OH is 1. The van der Waals surface area contributed by atoms with Gasteiger partial charge in [0.1, 0.15) is 0 Å². The molecule has 2 atom stereocenters. The molecule has 0 aromatic heterocycles. The lowest BCUT2D eigenvalue weighted by molar-refractivity contribution is 0.216. The smallest absolute Gasteiger partial charge is 0.0936 e. The van der Waals surface area contributed by atoms with E-state index in [2.05, 4.69) is 4.90 Å². The summed E-state index contributed by atoms with van der Waals surface area (Å²) in [5, 5.41) is 8.88. The molecule has 64 valence electrons. The molecule has 0 amide bonds. The molecular weight excluding hydrogens is 142 g/mol. The van der Waals surface area contributed by atoms with Crippen LogP contribution in [0, 0.1) is 5.92 Å². The third-order valence-corrected chi connectivity index (χ3v) is 2.49. The minimum Gasteiger partial charge on any atom is -0.396 e. The predicted octanol–water partition coefficient (Wildman–Crippen LogP) is -0.301. The zero-order valence-electron chi connectivity index (χ0n) is 6.70. The van der Waals surface area contributed by atoms with Crippen molar-refractivity contribution in [3.05, 3.63) is 0 Å². The maximum Gasteiger partial charge on any atom is 0.0936 e. The molecule has 1 N–H and O–H groups in total. The van der Waals surface area contributed by atoms with E-state index in [4.69, 9.17) is 9.84 Å². The molecule has 2 unspecified atom stereocenters. The number of aliphatic hydroxyl groups is 1. The van der Waals surface area contributed by atoms with Gasteiger partial charge in [0.05, 0.1) is 12.7 Å². The van der Waals surface area contributed by atoms with E-state index in [0.29, 0.717) is 18.6 Å². The van der Waals surface area contributed by atoms with Crippen LogP contribution in [-0.2, 0) is 4.74 Å². The van der Waals surface area contributed by atoms with Gasteiger partial charge in [-0.3, -0.25) is 0 Å². The van der Waals surface area contributed by atoms with Gasteiger partial charge in [0.25, 0.3) is 0 Å². The van der Waals surface area contributed by atoms with E-state index >= 15 is 0 Å². The van der Waals surface area contributed by atoms with E-state index in [1.807, 2.05) is 0 Å². The molecule has 0 aliphatic carbocycles. The summed E-state index contributed by atoms with van der Waals surface area (Å²) >= 11 is 0. The van der Waals surface area contributed by atoms with Crippen LogP contribution in [0.15, 0.2) is 0 Å². The summed E-state index contributed by atoms with van der Waals surface area (Å²) < 4.78 is 5.14. The van der Waals surface area contributed by atoms with Gasteiger partial charge in [-0.2, -0.15) is 0 Å². The van der Waals surface area contributed by atoms with Crippen molar-refractivity contribution in [3.63, 3.8) is 0 Å². The fourth-order valence-corrected chi connectivity index (χ4v) is 1.69. The predicted molar refractivity (Wildman–Crippen MR) is 41.4 cm³/mol. The Bertz CT molecular complexity index is 136. The van der Waals surface area contributed by atoms with Crippen molar-refractivity contribution >= 4 is 0 Å². The number of hydrogen-bond acceptors (Lipinski definition) is 3. The van der Waals surface area contributed by atoms with Crippen LogP contribution in [0.2, 0.25) is 0 Å². The summed E-state index contributed by atoms with van der Waals surface area (Å²) in [4.78, 5) is 2.39. The largest absolute Gasteiger partial charge is 0.396 e. The quantitative estimate of drug-likeness (QED) is 0.571. The fourth-order valence-electron chi connectivity index (χ4n) is 1.69. The normalized spacial score (nSPS) is 37.9. The standard InChI is InChI=1S/C8H15NO2/c10-5-7-1-2-9(3-7)4-8-6-11-8/h7-8,10H,1-6H2. The summed E-state index contributed by atoms with van der Waals surface area (Å²) in [6.07, 6.45) is 1.66. The molecule has 2 aliphatic heterocycles. The van der Waals surface area contributed by atoms with Gasteiger partial charge in [0.2, 0.25) is 0 Å². The van der Waals surface area contributed by atoms with Gasteiger partial charge in [-0.25, -0.2) is 0 Å². The highest BCUT2D eigenvalue weighted by Gasteiger charge is 2.29. The second kappa shape index (κ2) is 3.09. The third-order valence-electron chi connectivity index (χ3n) is 2.49. The number of nitrogens with zero attached hydrogens (tertiary/aromatic N) is 1. The minimum absolute atomic E-state index is 0.349. The average Bonchev–Trinajstić information content (AvgIpc) is 2.68. The van der Waals surface area contributed by atoms with Crippen LogP contribution in [0.3, 0.4) is 0 Å². The van der Waals surface area contributed by atoms with Crippen LogP contribution in [0.4, 0.5) is 0 Å². The van der Waals surface area contributed by atoms with Crippen molar-refractivity contribution in [1.82, 2.24) is 4.90 Å². The third kappa shape index (κ3) is 1.92. The molecule has 0 radical (unpaired) electrons. The SMILES string of the molecule is OCC1CCN(CC2CO2)C1. The zero-order chi connectivity index (χ0) is 7.68. The Morgan fingerprint density at radius 2 is 2.36 bits per heavy atom. The molecule has 2 fully saturated rings. The van der Waals surface area contributed by atoms with E-state index in [1.165, 1.54) is 0 Å². The highest BCUT2D eigenvalue weighted by molar-refractivity contribution is 4.80. The summed E-state index contributed by atoms with van der Waals surface area (Å²) in [6, 6.07) is 0. The monoisotopic (exact) mass is 157 g/mol. The lowest BCUT2D eigenvalue weighted by Crippen LogP contribution is -2.25. The molecular formula is C8H15NO2. The summed E-state index contributed by atoms with van der Waals surface area (Å²) in [5.41, 5.74) is 0. The van der Waals surface area contributed by atoms with Crippen LogP contribution in [0.5, 0.6) is 0 Å². The Morgan fingerprint density at radius 1 is 1.55 bits per heavy atom. The fraction of sp³-hybridized carbons (Fsp3) is 1.00. The van der Waals surface area contributed by atoms with Gasteiger partial charge in [0.15, 0.2) is 0 Å². The maximum atomic E-state index is 8.88. The minimum atomic E-state index is 0.349. The first-order valence-corrected chi connectivity index (χ1v) is 4.33. The average molecular weight is 157 g/mol. The van der Waals surface area contributed by atoms with E-state index in [1.54, 1.807) is 0 Å². The van der Waals surface area contributed by atoms with Gasteiger partial charge in [-0.05, 0) is 18.9 Å². The van der Waals surface area contributed by atoms with E-state index in [0.717, 1.165) is 32.7 Å². The second-order valence-corrected chi connectivity index (χ2v) is 3.55. The van der Waals surface area contributed by atoms with Crippen molar-refractivity contribution < 1.29 is 9.84 Å². The van der Waals surface area contributed by atoms with E-state index < -0.39 is 0 Å². The number of epoxide rings is 1. The number of likely N-dealkylation sites (tertiary alicyclic amines) is 1. The molecule has 2 heterocycles. The Hall–Kier alpha value is -0.120. The number of hydrogen-bond donors (Lipinski definition) is 1. The van der Waals surface area contributed by atoms with Crippen molar-refractivity contribution in [2.45, 2.75) is 12.5 Å². The molecule has 0 aromatic rings. The number of ether oxygens (including phenoxy) is 1. The molecule has 0 saturated carbocycles. The van der Waals surface area contributed by atoms with Gasteiger partial charge >= 0.3 is 0 Å². The molecule has 0 spiro atoms. The van der Waals surface area contributed by atoms with E-state index in [-0.39, 0.29) is 0 Å². The van der Waals surface area contributed by atoms with Crippen LogP contribution in [0.1, 0.15) is 6.42 Å². The Kier molecular flexibility index (Phi) is 2.11. The molecule has 0 bridgehead atoms. The van der Waals surface area contributed by atoms with Crippen LogP contribution < -0.4 is 0 Å². The van der Waals surface area contributed by atoms with Gasteiger partial charge in [0, 0.05) is 19.7 Å². The van der Waals surface area contributed by atoms with Gasteiger partial charge in [-0.1, -0.05) is 0 Å². The topological polar surface area (TPSA) is 36.0 Å². The molecule has 2 saturated heterocycles. The summed E-state index contributed by atoms with van der Waals surface area (Å²) in [6.45, 7) is 4.58. The Labute approximate surface area is 66.9 Å². The first-order chi connectivity index (χ1) is 5.38. The number of rotatable bonds is 3. The highest BCUT2D eigenvalue weighted by atomic mass is 16.6. The van der Waals surface area contributed by atoms with Crippen molar-refractivity contribution in [2.75, 3.05) is 32.8 Å².